The minimum Gasteiger partial charge on any atom is -0.496 e. The molecule has 0 atom stereocenters. The van der Waals surface area contributed by atoms with Crippen LogP contribution in [0.2, 0.25) is 0 Å². The lowest BCUT2D eigenvalue weighted by Crippen LogP contribution is -2.17. The Balaban J connectivity index is 2.11. The molecule has 0 aliphatic carbocycles. The first-order valence-electron chi connectivity index (χ1n) is 7.85. The fraction of sp³-hybridized carbons (Fsp3) is 0.105. The zero-order chi connectivity index (χ0) is 19.6. The van der Waals surface area contributed by atoms with Crippen LogP contribution < -0.4 is 20.4 Å². The number of hydroxylamine groups is 1. The maximum Gasteiger partial charge on any atom is 0.271 e. The predicted molar refractivity (Wildman–Crippen MR) is 100 cm³/mol. The zero-order valence-electron chi connectivity index (χ0n) is 14.8. The number of hydrogen-bond donors (Lipinski definition) is 3. The average molecular weight is 369 g/mol. The summed E-state index contributed by atoms with van der Waals surface area (Å²) in [5, 5.41) is 12.4. The lowest BCUT2D eigenvalue weighted by atomic mass is 10.1. The van der Waals surface area contributed by atoms with Gasteiger partial charge in [-0.1, -0.05) is 18.2 Å². The number of hydrazone groups is 1. The van der Waals surface area contributed by atoms with Crippen molar-refractivity contribution in [3.05, 3.63) is 65.2 Å². The number of ether oxygens (including phenoxy) is 2. The number of benzene rings is 2. The molecule has 0 heterocycles. The van der Waals surface area contributed by atoms with Crippen LogP contribution in [0.4, 0.5) is 0 Å². The van der Waals surface area contributed by atoms with Gasteiger partial charge >= 0.3 is 0 Å². The topological polar surface area (TPSA) is 109 Å². The maximum atomic E-state index is 12.3. The highest BCUT2D eigenvalue weighted by molar-refractivity contribution is 5.96. The molecule has 0 fully saturated rings. The summed E-state index contributed by atoms with van der Waals surface area (Å²) < 4.78 is 10.5. The molecule has 3 N–H and O–H groups in total. The van der Waals surface area contributed by atoms with E-state index in [0.717, 1.165) is 6.08 Å². The Hall–Kier alpha value is -3.65. The Labute approximate surface area is 156 Å². The van der Waals surface area contributed by atoms with Gasteiger partial charge in [-0.2, -0.15) is 5.10 Å². The first-order chi connectivity index (χ1) is 13.1. The largest absolute Gasteiger partial charge is 0.496 e. The third-order valence-corrected chi connectivity index (χ3v) is 3.51. The monoisotopic (exact) mass is 369 g/mol. The smallest absolute Gasteiger partial charge is 0.271 e. The minimum absolute atomic E-state index is 0.352. The second-order valence-electron chi connectivity index (χ2n) is 5.21. The van der Waals surface area contributed by atoms with Crippen LogP contribution in [0, 0.1) is 0 Å². The van der Waals surface area contributed by atoms with E-state index >= 15 is 0 Å². The molecule has 0 saturated carbocycles. The van der Waals surface area contributed by atoms with Gasteiger partial charge in [-0.05, 0) is 35.9 Å². The summed E-state index contributed by atoms with van der Waals surface area (Å²) in [5.74, 6) is 0.0190. The van der Waals surface area contributed by atoms with Crippen molar-refractivity contribution in [3.8, 4) is 11.5 Å². The number of nitrogens with zero attached hydrogens (tertiary/aromatic N) is 1. The highest BCUT2D eigenvalue weighted by atomic mass is 16.5. The van der Waals surface area contributed by atoms with Gasteiger partial charge in [0.1, 0.15) is 11.5 Å². The summed E-state index contributed by atoms with van der Waals surface area (Å²) in [6.45, 7) is 0. The van der Waals surface area contributed by atoms with Gasteiger partial charge in [-0.25, -0.2) is 10.9 Å². The van der Waals surface area contributed by atoms with Crippen LogP contribution in [0.25, 0.3) is 6.08 Å². The summed E-state index contributed by atoms with van der Waals surface area (Å²) >= 11 is 0. The normalized spacial score (nSPS) is 10.8. The van der Waals surface area contributed by atoms with Crippen molar-refractivity contribution in [3.63, 3.8) is 0 Å². The van der Waals surface area contributed by atoms with E-state index in [0.29, 0.717) is 28.2 Å². The molecule has 0 aliphatic rings. The van der Waals surface area contributed by atoms with Crippen molar-refractivity contribution in [2.75, 3.05) is 14.2 Å². The first-order valence-corrected chi connectivity index (χ1v) is 7.85. The van der Waals surface area contributed by atoms with Gasteiger partial charge in [0.25, 0.3) is 11.8 Å². The SMILES string of the molecule is COc1cccc(OC)c1C=NNC(=O)c1cccc(C=CC(=O)NO)c1. The van der Waals surface area contributed by atoms with E-state index < -0.39 is 11.8 Å². The lowest BCUT2D eigenvalue weighted by Gasteiger charge is -2.09. The second kappa shape index (κ2) is 9.73. The fourth-order valence-corrected chi connectivity index (χ4v) is 2.22. The summed E-state index contributed by atoms with van der Waals surface area (Å²) in [7, 11) is 3.06. The second-order valence-corrected chi connectivity index (χ2v) is 5.21. The molecule has 140 valence electrons. The van der Waals surface area contributed by atoms with Crippen LogP contribution in [0.3, 0.4) is 0 Å². The Morgan fingerprint density at radius 3 is 2.37 bits per heavy atom. The van der Waals surface area contributed by atoms with E-state index in [1.165, 1.54) is 32.0 Å². The number of rotatable bonds is 7. The average Bonchev–Trinajstić information content (AvgIpc) is 2.71. The highest BCUT2D eigenvalue weighted by Crippen LogP contribution is 2.26. The summed E-state index contributed by atoms with van der Waals surface area (Å²) in [6, 6.07) is 11.9. The van der Waals surface area contributed by atoms with Crippen LogP contribution >= 0.6 is 0 Å². The Morgan fingerprint density at radius 1 is 1.07 bits per heavy atom. The van der Waals surface area contributed by atoms with Crippen molar-refractivity contribution in [2.45, 2.75) is 0 Å². The highest BCUT2D eigenvalue weighted by Gasteiger charge is 2.08. The van der Waals surface area contributed by atoms with Gasteiger partial charge in [0.15, 0.2) is 0 Å². The standard InChI is InChI=1S/C19H19N3O5/c1-26-16-7-4-8-17(27-2)15(16)12-20-21-19(24)14-6-3-5-13(11-14)9-10-18(23)22-25/h3-12,25H,1-2H3,(H,21,24)(H,22,23). The first kappa shape index (κ1) is 19.7. The molecule has 2 aromatic carbocycles. The number of hydrogen-bond acceptors (Lipinski definition) is 6. The number of methoxy groups -OCH3 is 2. The van der Waals surface area contributed by atoms with Crippen LogP contribution in [-0.2, 0) is 4.79 Å². The maximum absolute atomic E-state index is 12.3. The van der Waals surface area contributed by atoms with E-state index in [2.05, 4.69) is 10.5 Å². The van der Waals surface area contributed by atoms with Crippen molar-refractivity contribution >= 4 is 24.1 Å². The van der Waals surface area contributed by atoms with Crippen LogP contribution in [0.15, 0.2) is 53.6 Å². The molecule has 2 amide bonds. The molecule has 0 spiro atoms. The third kappa shape index (κ3) is 5.41. The fourth-order valence-electron chi connectivity index (χ4n) is 2.22. The molecule has 2 rings (SSSR count). The van der Waals surface area contributed by atoms with Gasteiger partial charge in [0, 0.05) is 11.6 Å². The summed E-state index contributed by atoms with van der Waals surface area (Å²) in [4.78, 5) is 23.3. The summed E-state index contributed by atoms with van der Waals surface area (Å²) in [5.41, 5.74) is 5.48. The Kier molecular flexibility index (Phi) is 7.09. The molecule has 2 aromatic rings. The van der Waals surface area contributed by atoms with Crippen molar-refractivity contribution in [1.82, 2.24) is 10.9 Å². The molecular weight excluding hydrogens is 350 g/mol. The number of amides is 2. The van der Waals surface area contributed by atoms with E-state index in [4.69, 9.17) is 14.7 Å². The molecule has 8 nitrogen and oxygen atoms in total. The zero-order valence-corrected chi connectivity index (χ0v) is 14.8. The van der Waals surface area contributed by atoms with Crippen LogP contribution in [0.5, 0.6) is 11.5 Å². The van der Waals surface area contributed by atoms with Crippen molar-refractivity contribution in [1.29, 1.82) is 0 Å². The van der Waals surface area contributed by atoms with E-state index in [-0.39, 0.29) is 0 Å². The quantitative estimate of drug-likeness (QED) is 0.299. The van der Waals surface area contributed by atoms with E-state index in [1.54, 1.807) is 42.5 Å². The van der Waals surface area contributed by atoms with Crippen LogP contribution in [-0.4, -0.2) is 37.5 Å². The molecule has 0 unspecified atom stereocenters. The minimum atomic E-state index is -0.666. The van der Waals surface area contributed by atoms with E-state index in [1.807, 2.05) is 0 Å². The molecule has 0 aromatic heterocycles. The summed E-state index contributed by atoms with van der Waals surface area (Å²) in [6.07, 6.45) is 4.04. The van der Waals surface area contributed by atoms with Gasteiger partial charge < -0.3 is 9.47 Å². The molecule has 0 saturated heterocycles. The third-order valence-electron chi connectivity index (χ3n) is 3.51. The predicted octanol–water partition coefficient (Wildman–Crippen LogP) is 1.99. The molecule has 27 heavy (non-hydrogen) atoms. The number of carbonyl (C=O) groups excluding carboxylic acids is 2. The molecule has 0 radical (unpaired) electrons. The molecule has 0 aliphatic heterocycles. The van der Waals surface area contributed by atoms with E-state index in [9.17, 15) is 9.59 Å². The molecule has 0 bridgehead atoms. The molecular formula is C19H19N3O5. The van der Waals surface area contributed by atoms with Crippen molar-refractivity contribution in [2.24, 2.45) is 5.10 Å². The Bertz CT molecular complexity index is 855. The van der Waals surface area contributed by atoms with Gasteiger partial charge in [-0.15, -0.1) is 0 Å². The number of nitrogens with one attached hydrogen (secondary N) is 2. The Morgan fingerprint density at radius 2 is 1.74 bits per heavy atom. The number of carbonyl (C=O) groups is 2. The lowest BCUT2D eigenvalue weighted by molar-refractivity contribution is -0.124. The van der Waals surface area contributed by atoms with Crippen LogP contribution in [0.1, 0.15) is 21.5 Å². The van der Waals surface area contributed by atoms with Gasteiger partial charge in [0.2, 0.25) is 0 Å². The molecule has 8 heteroatoms. The van der Waals surface area contributed by atoms with Gasteiger partial charge in [0.05, 0.1) is 26.0 Å². The van der Waals surface area contributed by atoms with Gasteiger partial charge in [-0.3, -0.25) is 14.8 Å². The van der Waals surface area contributed by atoms with Crippen molar-refractivity contribution < 1.29 is 24.3 Å².